The van der Waals surface area contributed by atoms with Crippen LogP contribution in [0.3, 0.4) is 0 Å². The average Bonchev–Trinajstić information content (AvgIpc) is 4.17. The van der Waals surface area contributed by atoms with E-state index in [1.54, 1.807) is 55.0 Å². The van der Waals surface area contributed by atoms with Crippen LogP contribution in [0.2, 0.25) is 0 Å². The van der Waals surface area contributed by atoms with Crippen LogP contribution in [-0.2, 0) is 46.1 Å². The Morgan fingerprint density at radius 2 is 0.984 bits per heavy atom. The summed E-state index contributed by atoms with van der Waals surface area (Å²) in [6.07, 6.45) is 19.7. The number of benzene rings is 4. The number of carbonyl (C=O) groups excluding carboxylic acids is 2. The topological polar surface area (TPSA) is 134 Å². The molecule has 6 aromatic rings. The van der Waals surface area contributed by atoms with E-state index in [0.717, 1.165) is 84.7 Å². The lowest BCUT2D eigenvalue weighted by molar-refractivity contribution is -0.129. The van der Waals surface area contributed by atoms with E-state index >= 15 is 0 Å². The van der Waals surface area contributed by atoms with Gasteiger partial charge in [0.25, 0.3) is 0 Å². The molecule has 0 fully saturated rings. The van der Waals surface area contributed by atoms with Gasteiger partial charge >= 0.3 is 5.97 Å². The van der Waals surface area contributed by atoms with E-state index in [4.69, 9.17) is 25.2 Å². The number of nitrogens with zero attached hydrogens (tertiary/aromatic N) is 1. The molecule has 1 atom stereocenters. The van der Waals surface area contributed by atoms with E-state index in [0.29, 0.717) is 23.0 Å². The van der Waals surface area contributed by atoms with Crippen LogP contribution in [0.5, 0.6) is 23.0 Å². The normalized spacial score (nSPS) is 17.0. The molecule has 3 N–H and O–H groups in total. The number of aromatic hydroxyl groups is 3. The number of hydrogen-bond acceptors (Lipinski definition) is 9. The van der Waals surface area contributed by atoms with Gasteiger partial charge in [-0.15, -0.1) is 0 Å². The molecule has 10 heteroatoms. The summed E-state index contributed by atoms with van der Waals surface area (Å²) in [5.41, 5.74) is 10.2. The summed E-state index contributed by atoms with van der Waals surface area (Å²) in [4.78, 5) is 25.0. The van der Waals surface area contributed by atoms with Gasteiger partial charge in [-0.1, -0.05) is 69.3 Å². The SMILES string of the molecule is CCN(CC)CC.O=C(/C=C/c1ccoc1)Oc1cccc2c1[C@]1(CCc3cccc(O)c31)CC2.O=C(Cl)/C=C/c1ccoc1.Oc1cccc2c1C1(CC2)CCc2cccc(O)c21. The van der Waals surface area contributed by atoms with E-state index in [2.05, 4.69) is 49.9 Å². The highest BCUT2D eigenvalue weighted by Crippen LogP contribution is 2.58. The lowest BCUT2D eigenvalue weighted by atomic mass is 9.76. The number of phenols is 3. The zero-order chi connectivity index (χ0) is 45.3. The van der Waals surface area contributed by atoms with Crippen molar-refractivity contribution >= 4 is 35.0 Å². The molecule has 0 unspecified atom stereocenters. The zero-order valence-electron chi connectivity index (χ0n) is 36.7. The molecule has 10 rings (SSSR count). The maximum Gasteiger partial charge on any atom is 0.336 e. The quantitative estimate of drug-likeness (QED) is 0.0591. The summed E-state index contributed by atoms with van der Waals surface area (Å²) < 4.78 is 15.5. The Bertz CT molecular complexity index is 2540. The molecule has 0 saturated carbocycles. The molecular weight excluding hydrogens is 826 g/mol. The minimum absolute atomic E-state index is 0.165. The largest absolute Gasteiger partial charge is 0.508 e. The molecule has 4 aliphatic rings. The highest BCUT2D eigenvalue weighted by molar-refractivity contribution is 6.66. The van der Waals surface area contributed by atoms with Crippen molar-refractivity contribution in [3.05, 3.63) is 178 Å². The van der Waals surface area contributed by atoms with E-state index in [9.17, 15) is 24.9 Å². The Labute approximate surface area is 380 Å². The minimum Gasteiger partial charge on any atom is -0.508 e. The van der Waals surface area contributed by atoms with Crippen molar-refractivity contribution in [2.45, 2.75) is 83.0 Å². The van der Waals surface area contributed by atoms with Gasteiger partial charge in [0.05, 0.1) is 25.1 Å². The third-order valence-electron chi connectivity index (χ3n) is 13.2. The number of aryl methyl sites for hydroxylation is 4. The predicted octanol–water partition coefficient (Wildman–Crippen LogP) is 11.5. The highest BCUT2D eigenvalue weighted by atomic mass is 35.5. The highest BCUT2D eigenvalue weighted by Gasteiger charge is 2.49. The van der Waals surface area contributed by atoms with Crippen LogP contribution in [0.25, 0.3) is 12.2 Å². The number of carbonyl (C=O) groups is 2. The third kappa shape index (κ3) is 9.61. The summed E-state index contributed by atoms with van der Waals surface area (Å²) in [5.74, 6) is 1.26. The van der Waals surface area contributed by atoms with Crippen molar-refractivity contribution in [2.75, 3.05) is 19.6 Å². The summed E-state index contributed by atoms with van der Waals surface area (Å²) in [5, 5.41) is 30.7. The first-order valence-electron chi connectivity index (χ1n) is 22.1. The second-order valence-electron chi connectivity index (χ2n) is 16.5. The second-order valence-corrected chi connectivity index (χ2v) is 16.9. The first-order valence-corrected chi connectivity index (χ1v) is 22.5. The summed E-state index contributed by atoms with van der Waals surface area (Å²) in [6, 6.07) is 26.7. The molecular formula is C54H56ClNO8. The van der Waals surface area contributed by atoms with Gasteiger partial charge < -0.3 is 33.8 Å². The maximum absolute atomic E-state index is 12.4. The fraction of sp³-hybridized carbons (Fsp3) is 0.296. The van der Waals surface area contributed by atoms with Crippen molar-refractivity contribution in [3.63, 3.8) is 0 Å². The lowest BCUT2D eigenvalue weighted by Crippen LogP contribution is -2.23. The number of hydrogen-bond donors (Lipinski definition) is 3. The number of rotatable bonds is 8. The number of allylic oxidation sites excluding steroid dienone is 1. The number of fused-ring (bicyclic) bond motifs is 8. The standard InChI is InChI=1S/C24H20O4.C17H16O2.C7H5ClO2.C6H15N/c25-19-5-1-3-17-9-12-24(22(17)19)13-10-18-4-2-6-20(23(18)24)28-21(26)8-7-16-11-14-27-15-16;18-13-5-1-3-11-7-9-17(15(11)13)10-8-12-4-2-6-14(19)16(12)17;8-7(9)2-1-6-3-4-10-5-6;1-4-7(5-2)6-3/h1-8,11,14-15,25H,9-10,12-13H2;1-6,18-19H,7-10H2;1-5H;4-6H2,1-3H3/b8-7+;;2-1+;/t24-;;;/m1.../s1. The predicted molar refractivity (Wildman–Crippen MR) is 251 cm³/mol. The fourth-order valence-electron chi connectivity index (χ4n) is 10.2. The van der Waals surface area contributed by atoms with Gasteiger partial charge in [-0.2, -0.15) is 0 Å². The molecule has 2 heterocycles. The molecule has 0 saturated heterocycles. The number of phenolic OH excluding ortho intramolecular Hbond substituents is 3. The first kappa shape index (κ1) is 45.7. The Kier molecular flexibility index (Phi) is 14.6. The van der Waals surface area contributed by atoms with E-state index < -0.39 is 11.2 Å². The summed E-state index contributed by atoms with van der Waals surface area (Å²) >= 11 is 5.04. The number of halogens is 1. The first-order chi connectivity index (χ1) is 31.0. The van der Waals surface area contributed by atoms with E-state index in [-0.39, 0.29) is 10.8 Å². The van der Waals surface area contributed by atoms with Crippen molar-refractivity contribution in [1.82, 2.24) is 4.90 Å². The molecule has 0 aliphatic heterocycles. The molecule has 4 aliphatic carbocycles. The smallest absolute Gasteiger partial charge is 0.336 e. The molecule has 64 heavy (non-hydrogen) atoms. The molecule has 0 radical (unpaired) electrons. The summed E-state index contributed by atoms with van der Waals surface area (Å²) in [7, 11) is 0. The van der Waals surface area contributed by atoms with Gasteiger partial charge in [0, 0.05) is 50.3 Å². The van der Waals surface area contributed by atoms with Gasteiger partial charge in [0.1, 0.15) is 23.0 Å². The van der Waals surface area contributed by atoms with Crippen molar-refractivity contribution in [2.24, 2.45) is 0 Å². The fourth-order valence-corrected chi connectivity index (χ4v) is 10.3. The van der Waals surface area contributed by atoms with Gasteiger partial charge in [-0.05, 0) is 159 Å². The molecule has 0 amide bonds. The van der Waals surface area contributed by atoms with Crippen LogP contribution in [0.1, 0.15) is 102 Å². The Morgan fingerprint density at radius 1 is 0.594 bits per heavy atom. The van der Waals surface area contributed by atoms with Crippen LogP contribution >= 0.6 is 11.6 Å². The molecule has 2 aromatic heterocycles. The molecule has 332 valence electrons. The van der Waals surface area contributed by atoms with Crippen molar-refractivity contribution in [3.8, 4) is 23.0 Å². The van der Waals surface area contributed by atoms with Gasteiger partial charge in [0.2, 0.25) is 5.24 Å². The summed E-state index contributed by atoms with van der Waals surface area (Å²) in [6.45, 7) is 10.1. The van der Waals surface area contributed by atoms with Crippen molar-refractivity contribution < 1.29 is 38.5 Å². The number of esters is 1. The Morgan fingerprint density at radius 3 is 1.36 bits per heavy atom. The number of ether oxygens (including phenoxy) is 1. The Balaban J connectivity index is 0.000000146. The van der Waals surface area contributed by atoms with E-state index in [1.165, 1.54) is 66.6 Å². The number of furan rings is 2. The van der Waals surface area contributed by atoms with Crippen LogP contribution in [0.15, 0.2) is 131 Å². The zero-order valence-corrected chi connectivity index (χ0v) is 37.4. The maximum atomic E-state index is 12.4. The third-order valence-corrected chi connectivity index (χ3v) is 13.3. The molecule has 0 bridgehead atoms. The monoisotopic (exact) mass is 881 g/mol. The second kappa shape index (κ2) is 20.5. The van der Waals surface area contributed by atoms with Gasteiger partial charge in [-0.3, -0.25) is 4.79 Å². The van der Waals surface area contributed by atoms with Crippen molar-refractivity contribution in [1.29, 1.82) is 0 Å². The lowest BCUT2D eigenvalue weighted by Gasteiger charge is -2.28. The molecule has 9 nitrogen and oxygen atoms in total. The molecule has 4 aromatic carbocycles. The van der Waals surface area contributed by atoms with Crippen LogP contribution in [0.4, 0.5) is 0 Å². The van der Waals surface area contributed by atoms with Crippen LogP contribution in [0, 0.1) is 0 Å². The van der Waals surface area contributed by atoms with E-state index in [1.807, 2.05) is 30.3 Å². The Hall–Kier alpha value is -6.29. The van der Waals surface area contributed by atoms with Gasteiger partial charge in [-0.25, -0.2) is 4.79 Å². The molecule has 2 spiro atoms. The van der Waals surface area contributed by atoms with Crippen LogP contribution in [-0.4, -0.2) is 51.1 Å². The average molecular weight is 882 g/mol. The minimum atomic E-state index is -0.485. The van der Waals surface area contributed by atoms with Crippen LogP contribution < -0.4 is 4.74 Å². The van der Waals surface area contributed by atoms with Gasteiger partial charge in [0.15, 0.2) is 0 Å².